The topological polar surface area (TPSA) is 72.5 Å². The summed E-state index contributed by atoms with van der Waals surface area (Å²) in [7, 11) is 1.39. The van der Waals surface area contributed by atoms with Gasteiger partial charge in [0.1, 0.15) is 0 Å². The lowest BCUT2D eigenvalue weighted by molar-refractivity contribution is 0.205. The highest BCUT2D eigenvalue weighted by atomic mass is 35.5. The maximum atomic E-state index is 8.78. The van der Waals surface area contributed by atoms with Crippen LogP contribution < -0.4 is 5.73 Å². The molecule has 0 aromatic heterocycles. The molecule has 44 valence electrons. The Kier molecular flexibility index (Phi) is 12.6. The number of carbonyl (C=O) groups is 1. The Morgan fingerprint density at radius 3 is 2.00 bits per heavy atom. The summed E-state index contributed by atoms with van der Waals surface area (Å²) in [4.78, 5) is 8.78. The zero-order valence-corrected chi connectivity index (χ0v) is 4.47. The van der Waals surface area contributed by atoms with Crippen LogP contribution in [0.3, 0.4) is 0 Å². The van der Waals surface area contributed by atoms with Crippen molar-refractivity contribution in [3.63, 3.8) is 0 Å². The molecule has 3 N–H and O–H groups in total. The summed E-state index contributed by atoms with van der Waals surface area (Å²) < 4.78 is 3.72. The molecule has 0 aliphatic carbocycles. The van der Waals surface area contributed by atoms with Gasteiger partial charge in [0, 0.05) is 0 Å². The summed E-state index contributed by atoms with van der Waals surface area (Å²) in [5.41, 5.74) is 4.03. The third-order valence-corrected chi connectivity index (χ3v) is 0. The van der Waals surface area contributed by atoms with E-state index in [4.69, 9.17) is 9.90 Å². The van der Waals surface area contributed by atoms with Gasteiger partial charge in [-0.15, -0.1) is 0 Å². The molecule has 5 heteroatoms. The first-order valence-electron chi connectivity index (χ1n) is 1.28. The molecule has 0 aromatic rings. The minimum atomic E-state index is -1.33. The lowest BCUT2D eigenvalue weighted by Gasteiger charge is -1.61. The molecule has 0 unspecified atom stereocenters. The van der Waals surface area contributed by atoms with Gasteiger partial charge in [0.15, 0.2) is 0 Å². The molecule has 0 aromatic carbocycles. The van der Waals surface area contributed by atoms with Gasteiger partial charge in [0.25, 0.3) is 0 Å². The molecule has 0 atom stereocenters. The van der Waals surface area contributed by atoms with E-state index in [1.54, 1.807) is 0 Å². The van der Waals surface area contributed by atoms with Crippen molar-refractivity contribution in [2.45, 2.75) is 0 Å². The molecule has 4 nitrogen and oxygen atoms in total. The molecule has 0 bridgehead atoms. The van der Waals surface area contributed by atoms with E-state index in [0.29, 0.717) is 0 Å². The predicted octanol–water partition coefficient (Wildman–Crippen LogP) is 0.410. The van der Waals surface area contributed by atoms with E-state index in [1.165, 1.54) is 7.11 Å². The van der Waals surface area contributed by atoms with Crippen molar-refractivity contribution < 1.29 is 14.2 Å². The van der Waals surface area contributed by atoms with Gasteiger partial charge in [-0.05, 0) is 0 Å². The first-order chi connectivity index (χ1) is 3.15. The molecule has 1 amide bonds. The number of amides is 1. The molecule has 0 heterocycles. The van der Waals surface area contributed by atoms with Crippen molar-refractivity contribution in [1.82, 2.24) is 0 Å². The van der Waals surface area contributed by atoms with E-state index in [-0.39, 0.29) is 0 Å². The highest BCUT2D eigenvalue weighted by Gasteiger charge is 1.65. The maximum absolute atomic E-state index is 8.78. The molecule has 0 saturated carbocycles. The van der Waals surface area contributed by atoms with Crippen LogP contribution in [0, 0.1) is 0 Å². The van der Waals surface area contributed by atoms with E-state index in [2.05, 4.69) is 21.9 Å². The average molecular weight is 128 g/mol. The third-order valence-electron chi connectivity index (χ3n) is 0. The van der Waals surface area contributed by atoms with Crippen LogP contribution in [0.5, 0.6) is 0 Å². The molecular formula is C2H6ClNO3. The number of hydrogen-bond donors (Lipinski definition) is 2. The fraction of sp³-hybridized carbons (Fsp3) is 0.500. The largest absolute Gasteiger partial charge is 0.465 e. The molecule has 7 heavy (non-hydrogen) atoms. The highest BCUT2D eigenvalue weighted by molar-refractivity contribution is 6.07. The van der Waals surface area contributed by atoms with Crippen LogP contribution in [0.25, 0.3) is 0 Å². The van der Waals surface area contributed by atoms with Crippen LogP contribution in [0.15, 0.2) is 0 Å². The van der Waals surface area contributed by atoms with Crippen molar-refractivity contribution in [2.24, 2.45) is 5.73 Å². The Morgan fingerprint density at radius 1 is 2.00 bits per heavy atom. The van der Waals surface area contributed by atoms with Crippen molar-refractivity contribution in [3.05, 3.63) is 0 Å². The predicted molar refractivity (Wildman–Crippen MR) is 25.1 cm³/mol. The molecule has 0 aliphatic rings. The SMILES string of the molecule is COCl.NC(=O)O. The number of rotatable bonds is 0. The van der Waals surface area contributed by atoms with Crippen molar-refractivity contribution >= 4 is 18.0 Å². The van der Waals surface area contributed by atoms with Crippen LogP contribution in [0.1, 0.15) is 0 Å². The Balaban J connectivity index is 0. The molecule has 0 spiro atoms. The fourth-order valence-electron chi connectivity index (χ4n) is 0. The van der Waals surface area contributed by atoms with Gasteiger partial charge in [0.05, 0.1) is 19.0 Å². The molecule has 0 saturated heterocycles. The van der Waals surface area contributed by atoms with E-state index < -0.39 is 6.09 Å². The molecule has 0 fully saturated rings. The summed E-state index contributed by atoms with van der Waals surface area (Å²) in [5, 5.41) is 7.19. The Morgan fingerprint density at radius 2 is 2.00 bits per heavy atom. The number of primary amides is 1. The first-order valence-corrected chi connectivity index (χ1v) is 1.59. The van der Waals surface area contributed by atoms with Crippen LogP contribution in [0.4, 0.5) is 4.79 Å². The Labute approximate surface area is 46.0 Å². The lowest BCUT2D eigenvalue weighted by Crippen LogP contribution is -2.03. The van der Waals surface area contributed by atoms with Crippen LogP contribution in [-0.2, 0) is 4.29 Å². The standard InChI is InChI=1S/CH3ClO.CH3NO2/c1-3-2;2-1(3)4/h1H3;2H2,(H,3,4). The maximum Gasteiger partial charge on any atom is 0.402 e. The zero-order valence-electron chi connectivity index (χ0n) is 3.72. The quantitative estimate of drug-likeness (QED) is 0.495. The van der Waals surface area contributed by atoms with Crippen LogP contribution in [0.2, 0.25) is 0 Å². The summed E-state index contributed by atoms with van der Waals surface area (Å²) >= 11 is 4.50. The molecule has 0 aliphatic heterocycles. The summed E-state index contributed by atoms with van der Waals surface area (Å²) in [6.45, 7) is 0. The number of halogens is 1. The monoisotopic (exact) mass is 127 g/mol. The Bertz CT molecular complexity index is 44.2. The van der Waals surface area contributed by atoms with E-state index in [1.807, 2.05) is 0 Å². The smallest absolute Gasteiger partial charge is 0.402 e. The van der Waals surface area contributed by atoms with Gasteiger partial charge < -0.3 is 10.8 Å². The molecule has 0 rings (SSSR count). The summed E-state index contributed by atoms with van der Waals surface area (Å²) in [6, 6.07) is 0. The second-order valence-corrected chi connectivity index (χ2v) is 0.801. The van der Waals surface area contributed by atoms with Crippen molar-refractivity contribution in [1.29, 1.82) is 0 Å². The van der Waals surface area contributed by atoms with E-state index >= 15 is 0 Å². The average Bonchev–Trinajstić information content (AvgIpc) is 1.33. The van der Waals surface area contributed by atoms with Gasteiger partial charge in [-0.3, -0.25) is 4.29 Å². The number of hydrogen-bond acceptors (Lipinski definition) is 2. The van der Waals surface area contributed by atoms with Gasteiger partial charge in [-0.25, -0.2) is 4.79 Å². The second-order valence-electron chi connectivity index (χ2n) is 0.493. The second kappa shape index (κ2) is 9.10. The van der Waals surface area contributed by atoms with Gasteiger partial charge >= 0.3 is 6.09 Å². The van der Waals surface area contributed by atoms with E-state index in [0.717, 1.165) is 0 Å². The normalized spacial score (nSPS) is 6.00. The fourth-order valence-corrected chi connectivity index (χ4v) is 0. The first kappa shape index (κ1) is 9.72. The zero-order chi connectivity index (χ0) is 6.28. The molecular weight excluding hydrogens is 121 g/mol. The van der Waals surface area contributed by atoms with E-state index in [9.17, 15) is 0 Å². The van der Waals surface area contributed by atoms with Gasteiger partial charge in [-0.2, -0.15) is 0 Å². The number of carboxylic acid groups (broad SMARTS) is 1. The van der Waals surface area contributed by atoms with Gasteiger partial charge in [0.2, 0.25) is 0 Å². The van der Waals surface area contributed by atoms with Crippen molar-refractivity contribution in [3.8, 4) is 0 Å². The summed E-state index contributed by atoms with van der Waals surface area (Å²) in [5.74, 6) is 0. The Hall–Kier alpha value is -0.480. The van der Waals surface area contributed by atoms with Crippen LogP contribution in [-0.4, -0.2) is 18.3 Å². The summed E-state index contributed by atoms with van der Waals surface area (Å²) in [6.07, 6.45) is -1.33. The van der Waals surface area contributed by atoms with Crippen molar-refractivity contribution in [2.75, 3.05) is 7.11 Å². The van der Waals surface area contributed by atoms with Crippen LogP contribution >= 0.6 is 11.9 Å². The number of nitrogens with two attached hydrogens (primary N) is 1. The minimum absolute atomic E-state index is 1.33. The minimum Gasteiger partial charge on any atom is -0.465 e. The highest BCUT2D eigenvalue weighted by Crippen LogP contribution is 1.59. The molecule has 0 radical (unpaired) electrons. The third kappa shape index (κ3) is 297. The van der Waals surface area contributed by atoms with Gasteiger partial charge in [-0.1, -0.05) is 0 Å². The lowest BCUT2D eigenvalue weighted by atomic mass is 11.3.